The maximum absolute atomic E-state index is 12.1. The third-order valence-electron chi connectivity index (χ3n) is 3.80. The Kier molecular flexibility index (Phi) is 5.14. The summed E-state index contributed by atoms with van der Waals surface area (Å²) in [4.78, 5) is 16.4. The summed E-state index contributed by atoms with van der Waals surface area (Å²) >= 11 is 6.06. The molecule has 0 unspecified atom stereocenters. The number of anilines is 1. The molecule has 0 saturated heterocycles. The lowest BCUT2D eigenvalue weighted by Crippen LogP contribution is -2.12. The molecule has 0 aliphatic rings. The standard InChI is InChI=1S/C19H18ClN3O2/c1-12-3-6-14(7-4-12)19-22-18(25-23-19)10-9-17(24)21-15-8-5-13(2)16(20)11-15/h3-8,11H,9-10H2,1-2H3,(H,21,24). The Morgan fingerprint density at radius 3 is 2.64 bits per heavy atom. The van der Waals surface area contributed by atoms with Crippen molar-refractivity contribution in [2.75, 3.05) is 5.32 Å². The van der Waals surface area contributed by atoms with Crippen LogP contribution in [0.5, 0.6) is 0 Å². The number of carbonyl (C=O) groups excluding carboxylic acids is 1. The molecule has 0 fully saturated rings. The van der Waals surface area contributed by atoms with Crippen molar-refractivity contribution in [3.8, 4) is 11.4 Å². The topological polar surface area (TPSA) is 68.0 Å². The van der Waals surface area contributed by atoms with Crippen LogP contribution in [0.15, 0.2) is 47.0 Å². The second-order valence-corrected chi connectivity index (χ2v) is 6.30. The molecule has 128 valence electrons. The number of aryl methyl sites for hydroxylation is 3. The van der Waals surface area contributed by atoms with E-state index >= 15 is 0 Å². The zero-order valence-corrected chi connectivity index (χ0v) is 14.8. The lowest BCUT2D eigenvalue weighted by molar-refractivity contribution is -0.116. The summed E-state index contributed by atoms with van der Waals surface area (Å²) in [7, 11) is 0. The Balaban J connectivity index is 1.57. The number of nitrogens with zero attached hydrogens (tertiary/aromatic N) is 2. The zero-order chi connectivity index (χ0) is 17.8. The van der Waals surface area contributed by atoms with Gasteiger partial charge in [0.05, 0.1) is 0 Å². The molecule has 1 N–H and O–H groups in total. The number of halogens is 1. The first kappa shape index (κ1) is 17.2. The average Bonchev–Trinajstić information content (AvgIpc) is 3.06. The first-order valence-electron chi connectivity index (χ1n) is 7.97. The Bertz CT molecular complexity index is 888. The molecule has 0 spiro atoms. The van der Waals surface area contributed by atoms with Crippen LogP contribution in [0.1, 0.15) is 23.4 Å². The van der Waals surface area contributed by atoms with Gasteiger partial charge in [0.1, 0.15) is 0 Å². The fraction of sp³-hybridized carbons (Fsp3) is 0.211. The maximum Gasteiger partial charge on any atom is 0.227 e. The summed E-state index contributed by atoms with van der Waals surface area (Å²) in [5, 5.41) is 7.40. The van der Waals surface area contributed by atoms with Crippen molar-refractivity contribution in [3.63, 3.8) is 0 Å². The Hall–Kier alpha value is -2.66. The highest BCUT2D eigenvalue weighted by Gasteiger charge is 2.11. The van der Waals surface area contributed by atoms with Gasteiger partial charge in [0.15, 0.2) is 0 Å². The van der Waals surface area contributed by atoms with Crippen LogP contribution in [0.2, 0.25) is 5.02 Å². The highest BCUT2D eigenvalue weighted by molar-refractivity contribution is 6.31. The van der Waals surface area contributed by atoms with Crippen molar-refractivity contribution >= 4 is 23.2 Å². The fourth-order valence-electron chi connectivity index (χ4n) is 2.29. The van der Waals surface area contributed by atoms with E-state index in [1.54, 1.807) is 6.07 Å². The van der Waals surface area contributed by atoms with Crippen molar-refractivity contribution < 1.29 is 9.32 Å². The van der Waals surface area contributed by atoms with E-state index in [9.17, 15) is 4.79 Å². The van der Waals surface area contributed by atoms with Gasteiger partial charge in [0.25, 0.3) is 0 Å². The van der Waals surface area contributed by atoms with Gasteiger partial charge >= 0.3 is 0 Å². The lowest BCUT2D eigenvalue weighted by Gasteiger charge is -2.06. The van der Waals surface area contributed by atoms with Crippen molar-refractivity contribution in [2.45, 2.75) is 26.7 Å². The Labute approximate surface area is 151 Å². The molecule has 0 aliphatic carbocycles. The maximum atomic E-state index is 12.1. The van der Waals surface area contributed by atoms with Gasteiger partial charge in [0.2, 0.25) is 17.6 Å². The molecule has 0 aliphatic heterocycles. The molecule has 25 heavy (non-hydrogen) atoms. The first-order valence-corrected chi connectivity index (χ1v) is 8.35. The lowest BCUT2D eigenvalue weighted by atomic mass is 10.1. The minimum atomic E-state index is -0.130. The minimum Gasteiger partial charge on any atom is -0.339 e. The number of carbonyl (C=O) groups is 1. The third-order valence-corrected chi connectivity index (χ3v) is 4.21. The predicted molar refractivity (Wildman–Crippen MR) is 97.6 cm³/mol. The van der Waals surface area contributed by atoms with E-state index in [-0.39, 0.29) is 12.3 Å². The number of nitrogens with one attached hydrogen (secondary N) is 1. The van der Waals surface area contributed by atoms with Crippen molar-refractivity contribution in [3.05, 3.63) is 64.5 Å². The summed E-state index contributed by atoms with van der Waals surface area (Å²) in [6, 6.07) is 13.3. The number of rotatable bonds is 5. The van der Waals surface area contributed by atoms with Gasteiger partial charge in [-0.1, -0.05) is 52.7 Å². The van der Waals surface area contributed by atoms with Gasteiger partial charge in [-0.3, -0.25) is 4.79 Å². The van der Waals surface area contributed by atoms with E-state index in [1.165, 1.54) is 5.56 Å². The number of benzene rings is 2. The van der Waals surface area contributed by atoms with E-state index < -0.39 is 0 Å². The van der Waals surface area contributed by atoms with E-state index in [0.717, 1.165) is 11.1 Å². The van der Waals surface area contributed by atoms with E-state index in [0.29, 0.717) is 28.8 Å². The minimum absolute atomic E-state index is 0.130. The first-order chi connectivity index (χ1) is 12.0. The quantitative estimate of drug-likeness (QED) is 0.727. The van der Waals surface area contributed by atoms with Crippen LogP contribution >= 0.6 is 11.6 Å². The molecular formula is C19H18ClN3O2. The number of aromatic nitrogens is 2. The Morgan fingerprint density at radius 1 is 1.16 bits per heavy atom. The molecule has 0 radical (unpaired) electrons. The number of hydrogen-bond acceptors (Lipinski definition) is 4. The third kappa shape index (κ3) is 4.45. The highest BCUT2D eigenvalue weighted by Crippen LogP contribution is 2.20. The van der Waals surface area contributed by atoms with Gasteiger partial charge in [-0.05, 0) is 31.5 Å². The zero-order valence-electron chi connectivity index (χ0n) is 14.0. The van der Waals surface area contributed by atoms with Gasteiger partial charge in [-0.15, -0.1) is 0 Å². The van der Waals surface area contributed by atoms with Gasteiger partial charge in [-0.25, -0.2) is 0 Å². The monoisotopic (exact) mass is 355 g/mol. The molecular weight excluding hydrogens is 338 g/mol. The van der Waals surface area contributed by atoms with Crippen LogP contribution in [0.4, 0.5) is 5.69 Å². The van der Waals surface area contributed by atoms with E-state index in [2.05, 4.69) is 15.5 Å². The molecule has 5 nitrogen and oxygen atoms in total. The van der Waals surface area contributed by atoms with Crippen LogP contribution in [0.25, 0.3) is 11.4 Å². The van der Waals surface area contributed by atoms with Crippen LogP contribution in [-0.4, -0.2) is 16.0 Å². The van der Waals surface area contributed by atoms with E-state index in [4.69, 9.17) is 16.1 Å². The fourth-order valence-corrected chi connectivity index (χ4v) is 2.47. The van der Waals surface area contributed by atoms with Gasteiger partial charge in [0, 0.05) is 29.1 Å². The predicted octanol–water partition coefficient (Wildman–Crippen LogP) is 4.58. The highest BCUT2D eigenvalue weighted by atomic mass is 35.5. The van der Waals surface area contributed by atoms with Crippen LogP contribution in [0, 0.1) is 13.8 Å². The second kappa shape index (κ2) is 7.49. The average molecular weight is 356 g/mol. The number of hydrogen-bond donors (Lipinski definition) is 1. The van der Waals surface area contributed by atoms with Crippen LogP contribution in [0.3, 0.4) is 0 Å². The summed E-state index contributed by atoms with van der Waals surface area (Å²) in [6.07, 6.45) is 0.630. The molecule has 0 atom stereocenters. The molecule has 3 aromatic rings. The summed E-state index contributed by atoms with van der Waals surface area (Å²) in [5.74, 6) is 0.836. The Morgan fingerprint density at radius 2 is 1.92 bits per heavy atom. The molecule has 0 saturated carbocycles. The second-order valence-electron chi connectivity index (χ2n) is 5.89. The molecule has 2 aromatic carbocycles. The van der Waals surface area contributed by atoms with Gasteiger partial charge in [-0.2, -0.15) is 4.98 Å². The van der Waals surface area contributed by atoms with Crippen molar-refractivity contribution in [2.24, 2.45) is 0 Å². The van der Waals surface area contributed by atoms with Gasteiger partial charge < -0.3 is 9.84 Å². The van der Waals surface area contributed by atoms with Crippen molar-refractivity contribution in [1.82, 2.24) is 10.1 Å². The molecule has 0 bridgehead atoms. The smallest absolute Gasteiger partial charge is 0.227 e. The van der Waals surface area contributed by atoms with E-state index in [1.807, 2.05) is 50.2 Å². The molecule has 1 amide bonds. The number of amides is 1. The van der Waals surface area contributed by atoms with Crippen LogP contribution < -0.4 is 5.32 Å². The van der Waals surface area contributed by atoms with Crippen molar-refractivity contribution in [1.29, 1.82) is 0 Å². The summed E-state index contributed by atoms with van der Waals surface area (Å²) < 4.78 is 5.22. The molecule has 6 heteroatoms. The largest absolute Gasteiger partial charge is 0.339 e. The molecule has 3 rings (SSSR count). The summed E-state index contributed by atoms with van der Waals surface area (Å²) in [5.41, 5.74) is 3.69. The summed E-state index contributed by atoms with van der Waals surface area (Å²) in [6.45, 7) is 3.93. The van der Waals surface area contributed by atoms with Crippen LogP contribution in [-0.2, 0) is 11.2 Å². The molecule has 1 aromatic heterocycles. The SMILES string of the molecule is Cc1ccc(-c2noc(CCC(=O)Nc3ccc(C)c(Cl)c3)n2)cc1. The normalized spacial score (nSPS) is 10.7. The molecule has 1 heterocycles.